The van der Waals surface area contributed by atoms with Crippen LogP contribution in [0.1, 0.15) is 24.1 Å². The van der Waals surface area contributed by atoms with Crippen LogP contribution in [-0.2, 0) is 0 Å². The van der Waals surface area contributed by atoms with Crippen LogP contribution in [0.2, 0.25) is 0 Å². The van der Waals surface area contributed by atoms with Crippen molar-refractivity contribution in [3.8, 4) is 33.4 Å². The molecule has 1 atom stereocenters. The molecule has 1 nitrogen and oxygen atoms in total. The fourth-order valence-electron chi connectivity index (χ4n) is 9.52. The Kier molecular flexibility index (Phi) is 8.75. The van der Waals surface area contributed by atoms with Gasteiger partial charge in [-0.2, -0.15) is 0 Å². The minimum atomic E-state index is 0.123. The van der Waals surface area contributed by atoms with Crippen LogP contribution in [0.15, 0.2) is 218 Å². The number of rotatable bonds is 7. The van der Waals surface area contributed by atoms with Gasteiger partial charge in [-0.05, 0) is 161 Å². The molecular weight excluding hydrogens is 723 g/mol. The minimum absolute atomic E-state index is 0.123. The number of hydrogen-bond acceptors (Lipinski definition) is 1. The molecule has 0 saturated heterocycles. The highest BCUT2D eigenvalue weighted by Gasteiger charge is 2.21. The highest BCUT2D eigenvalue weighted by Crippen LogP contribution is 2.46. The third kappa shape index (κ3) is 6.19. The molecule has 0 fully saturated rings. The Balaban J connectivity index is 1.07. The van der Waals surface area contributed by atoms with Crippen molar-refractivity contribution in [1.29, 1.82) is 0 Å². The standard InChI is InChI=1S/C59H43N/c1-39-14-6-13-23-57(39)60(52-19-4-3-5-20-52)40(2)43-26-27-47-35-48(29-28-46(47)34-43)49-32-33-55-56(38-49)59(51-31-25-42-16-8-10-18-45(42)37-51)54-22-12-11-21-53(54)58(55)50-30-24-41-15-7-9-17-44(41)36-50/h3-38,40H,1-2H3. The lowest BCUT2D eigenvalue weighted by molar-refractivity contribution is 0.773. The van der Waals surface area contributed by atoms with Crippen LogP contribution in [0.5, 0.6) is 0 Å². The first-order valence-corrected chi connectivity index (χ1v) is 21.0. The van der Waals surface area contributed by atoms with Crippen LogP contribution in [0.25, 0.3) is 87.2 Å². The first kappa shape index (κ1) is 35.7. The van der Waals surface area contributed by atoms with Crippen LogP contribution >= 0.6 is 0 Å². The van der Waals surface area contributed by atoms with Crippen molar-refractivity contribution in [2.24, 2.45) is 0 Å². The van der Waals surface area contributed by atoms with Crippen molar-refractivity contribution in [3.63, 3.8) is 0 Å². The van der Waals surface area contributed by atoms with E-state index in [-0.39, 0.29) is 6.04 Å². The fourth-order valence-corrected chi connectivity index (χ4v) is 9.52. The van der Waals surface area contributed by atoms with Gasteiger partial charge in [0.15, 0.2) is 0 Å². The number of benzene rings is 11. The zero-order valence-corrected chi connectivity index (χ0v) is 33.8. The van der Waals surface area contributed by atoms with E-state index in [1.54, 1.807) is 0 Å². The average molecular weight is 766 g/mol. The quantitative estimate of drug-likeness (QED) is 0.146. The van der Waals surface area contributed by atoms with E-state index in [2.05, 4.69) is 237 Å². The molecule has 284 valence electrons. The summed E-state index contributed by atoms with van der Waals surface area (Å²) in [7, 11) is 0. The number of fused-ring (bicyclic) bond motifs is 5. The van der Waals surface area contributed by atoms with Crippen molar-refractivity contribution in [2.45, 2.75) is 19.9 Å². The summed E-state index contributed by atoms with van der Waals surface area (Å²) < 4.78 is 0. The summed E-state index contributed by atoms with van der Waals surface area (Å²) in [5, 5.41) is 12.5. The summed E-state index contributed by atoms with van der Waals surface area (Å²) in [6, 6.07) is 80.8. The first-order chi connectivity index (χ1) is 29.6. The summed E-state index contributed by atoms with van der Waals surface area (Å²) in [5.41, 5.74) is 12.4. The molecule has 0 saturated carbocycles. The van der Waals surface area contributed by atoms with E-state index in [0.29, 0.717) is 0 Å². The first-order valence-electron chi connectivity index (χ1n) is 21.0. The van der Waals surface area contributed by atoms with E-state index in [9.17, 15) is 0 Å². The second kappa shape index (κ2) is 14.7. The highest BCUT2D eigenvalue weighted by atomic mass is 15.2. The number of aryl methyl sites for hydroxylation is 1. The zero-order chi connectivity index (χ0) is 40.2. The summed E-state index contributed by atoms with van der Waals surface area (Å²) in [6.45, 7) is 4.51. The van der Waals surface area contributed by atoms with Gasteiger partial charge in [0.25, 0.3) is 0 Å². The van der Waals surface area contributed by atoms with Crippen molar-refractivity contribution >= 4 is 65.2 Å². The van der Waals surface area contributed by atoms with Crippen molar-refractivity contribution < 1.29 is 0 Å². The van der Waals surface area contributed by atoms with E-state index in [0.717, 1.165) is 0 Å². The Morgan fingerprint density at radius 3 is 1.47 bits per heavy atom. The molecule has 11 aromatic carbocycles. The van der Waals surface area contributed by atoms with Crippen LogP contribution in [0.3, 0.4) is 0 Å². The lowest BCUT2D eigenvalue weighted by atomic mass is 9.84. The molecule has 11 aromatic rings. The largest absolute Gasteiger partial charge is 0.334 e. The number of anilines is 2. The van der Waals surface area contributed by atoms with Crippen LogP contribution in [0.4, 0.5) is 11.4 Å². The second-order valence-electron chi connectivity index (χ2n) is 16.2. The Labute approximate surface area is 351 Å². The highest BCUT2D eigenvalue weighted by molar-refractivity contribution is 6.22. The van der Waals surface area contributed by atoms with Gasteiger partial charge >= 0.3 is 0 Å². The third-order valence-corrected chi connectivity index (χ3v) is 12.6. The molecule has 0 heterocycles. The van der Waals surface area contributed by atoms with Gasteiger partial charge in [0, 0.05) is 11.4 Å². The Morgan fingerprint density at radius 2 is 0.783 bits per heavy atom. The third-order valence-electron chi connectivity index (χ3n) is 12.6. The number of nitrogens with zero attached hydrogens (tertiary/aromatic N) is 1. The number of para-hydroxylation sites is 2. The summed E-state index contributed by atoms with van der Waals surface area (Å²) in [5.74, 6) is 0. The molecule has 1 heteroatoms. The smallest absolute Gasteiger partial charge is 0.0563 e. The topological polar surface area (TPSA) is 3.24 Å². The second-order valence-corrected chi connectivity index (χ2v) is 16.2. The molecular formula is C59H43N. The van der Waals surface area contributed by atoms with E-state index in [4.69, 9.17) is 0 Å². The number of hydrogen-bond donors (Lipinski definition) is 0. The summed E-state index contributed by atoms with van der Waals surface area (Å²) >= 11 is 0. The van der Waals surface area contributed by atoms with Gasteiger partial charge in [-0.1, -0.05) is 170 Å². The lowest BCUT2D eigenvalue weighted by Crippen LogP contribution is -2.22. The Morgan fingerprint density at radius 1 is 0.333 bits per heavy atom. The summed E-state index contributed by atoms with van der Waals surface area (Å²) in [4.78, 5) is 2.46. The molecule has 11 rings (SSSR count). The van der Waals surface area contributed by atoms with Gasteiger partial charge in [0.1, 0.15) is 0 Å². The monoisotopic (exact) mass is 765 g/mol. The molecule has 0 radical (unpaired) electrons. The van der Waals surface area contributed by atoms with Gasteiger partial charge < -0.3 is 4.90 Å². The molecule has 0 aliphatic heterocycles. The molecule has 1 unspecified atom stereocenters. The SMILES string of the molecule is Cc1ccccc1N(c1ccccc1)C(C)c1ccc2cc(-c3ccc4c(-c5ccc6ccccc6c5)c5ccccc5c(-c5ccc6ccccc6c5)c4c3)ccc2c1. The molecule has 0 aliphatic carbocycles. The van der Waals surface area contributed by atoms with Crippen molar-refractivity contribution in [3.05, 3.63) is 230 Å². The maximum Gasteiger partial charge on any atom is 0.0563 e. The minimum Gasteiger partial charge on any atom is -0.334 e. The van der Waals surface area contributed by atoms with Crippen LogP contribution < -0.4 is 4.90 Å². The van der Waals surface area contributed by atoms with Gasteiger partial charge in [-0.3, -0.25) is 0 Å². The van der Waals surface area contributed by atoms with Crippen molar-refractivity contribution in [2.75, 3.05) is 4.90 Å². The molecule has 0 aromatic heterocycles. The molecule has 0 amide bonds. The normalized spacial score (nSPS) is 12.1. The fraction of sp³-hybridized carbons (Fsp3) is 0.0508. The Bertz CT molecular complexity index is 3410. The van der Waals surface area contributed by atoms with E-state index in [1.165, 1.54) is 110 Å². The van der Waals surface area contributed by atoms with Gasteiger partial charge in [-0.25, -0.2) is 0 Å². The predicted molar refractivity (Wildman–Crippen MR) is 258 cm³/mol. The molecule has 0 spiro atoms. The maximum absolute atomic E-state index is 2.46. The van der Waals surface area contributed by atoms with E-state index in [1.807, 2.05) is 0 Å². The van der Waals surface area contributed by atoms with Crippen LogP contribution in [0, 0.1) is 6.92 Å². The van der Waals surface area contributed by atoms with Gasteiger partial charge in [0.05, 0.1) is 6.04 Å². The van der Waals surface area contributed by atoms with Gasteiger partial charge in [0.2, 0.25) is 0 Å². The van der Waals surface area contributed by atoms with Crippen LogP contribution in [-0.4, -0.2) is 0 Å². The van der Waals surface area contributed by atoms with E-state index < -0.39 is 0 Å². The predicted octanol–water partition coefficient (Wildman–Crippen LogP) is 16.7. The van der Waals surface area contributed by atoms with E-state index >= 15 is 0 Å². The molecule has 0 aliphatic rings. The summed E-state index contributed by atoms with van der Waals surface area (Å²) in [6.07, 6.45) is 0. The molecule has 0 bridgehead atoms. The Hall–Kier alpha value is -7.48. The van der Waals surface area contributed by atoms with Gasteiger partial charge in [-0.15, -0.1) is 0 Å². The zero-order valence-electron chi connectivity index (χ0n) is 33.8. The molecule has 0 N–H and O–H groups in total. The average Bonchev–Trinajstić information content (AvgIpc) is 3.31. The molecule has 60 heavy (non-hydrogen) atoms. The maximum atomic E-state index is 2.46. The van der Waals surface area contributed by atoms with Crippen molar-refractivity contribution in [1.82, 2.24) is 0 Å². The lowest BCUT2D eigenvalue weighted by Gasteiger charge is -2.33.